The number of hydrogen-bond acceptors (Lipinski definition) is 3. The largest absolute Gasteiger partial charge is 0.370 e. The number of nitrogens with two attached hydrogens (primary N) is 1. The summed E-state index contributed by atoms with van der Waals surface area (Å²) in [5, 5.41) is 7.97. The second-order valence-electron chi connectivity index (χ2n) is 4.69. The van der Waals surface area contributed by atoms with E-state index in [2.05, 4.69) is 15.2 Å². The van der Waals surface area contributed by atoms with Gasteiger partial charge in [0.1, 0.15) is 0 Å². The van der Waals surface area contributed by atoms with Crippen molar-refractivity contribution in [2.75, 3.05) is 0 Å². The highest BCUT2D eigenvalue weighted by atomic mass is 16.1. The summed E-state index contributed by atoms with van der Waals surface area (Å²) in [6, 6.07) is 11.6. The molecular weight excluding hydrogens is 252 g/mol. The van der Waals surface area contributed by atoms with Gasteiger partial charge in [-0.15, -0.1) is 0 Å². The molecule has 1 amide bonds. The second kappa shape index (κ2) is 5.13. The van der Waals surface area contributed by atoms with Crippen LogP contribution < -0.4 is 5.73 Å². The predicted octanol–water partition coefficient (Wildman–Crippen LogP) is 1.97. The monoisotopic (exact) mass is 266 g/mol. The standard InChI is InChI=1S/C15H14N4O/c16-15(20)8-12(13-3-1-2-6-17-13)10-4-5-11-9-18-19-14(11)7-10/h1-7,9,12H,8H2,(H2,16,20)(H,18,19). The molecule has 0 saturated heterocycles. The topological polar surface area (TPSA) is 84.7 Å². The number of aromatic nitrogens is 3. The zero-order chi connectivity index (χ0) is 13.9. The average Bonchev–Trinajstić information content (AvgIpc) is 2.93. The van der Waals surface area contributed by atoms with Crippen LogP contribution in [-0.2, 0) is 4.79 Å². The highest BCUT2D eigenvalue weighted by Gasteiger charge is 2.18. The molecule has 0 aliphatic heterocycles. The molecule has 1 unspecified atom stereocenters. The van der Waals surface area contributed by atoms with Gasteiger partial charge in [0, 0.05) is 29.6 Å². The normalized spacial score (nSPS) is 12.4. The fourth-order valence-electron chi connectivity index (χ4n) is 2.35. The number of amides is 1. The van der Waals surface area contributed by atoms with Gasteiger partial charge in [-0.25, -0.2) is 0 Å². The first-order valence-electron chi connectivity index (χ1n) is 6.36. The van der Waals surface area contributed by atoms with Crippen molar-refractivity contribution in [1.29, 1.82) is 0 Å². The van der Waals surface area contributed by atoms with Crippen molar-refractivity contribution in [2.24, 2.45) is 5.73 Å². The van der Waals surface area contributed by atoms with Gasteiger partial charge in [0.25, 0.3) is 0 Å². The van der Waals surface area contributed by atoms with Crippen molar-refractivity contribution in [3.8, 4) is 0 Å². The van der Waals surface area contributed by atoms with Crippen molar-refractivity contribution in [3.63, 3.8) is 0 Å². The van der Waals surface area contributed by atoms with E-state index in [1.54, 1.807) is 12.4 Å². The first-order valence-corrected chi connectivity index (χ1v) is 6.36. The lowest BCUT2D eigenvalue weighted by Gasteiger charge is -2.15. The van der Waals surface area contributed by atoms with Crippen LogP contribution in [0.2, 0.25) is 0 Å². The number of hydrogen-bond donors (Lipinski definition) is 2. The second-order valence-corrected chi connectivity index (χ2v) is 4.69. The molecule has 5 heteroatoms. The third kappa shape index (κ3) is 2.38. The van der Waals surface area contributed by atoms with Gasteiger partial charge >= 0.3 is 0 Å². The average molecular weight is 266 g/mol. The van der Waals surface area contributed by atoms with Crippen molar-refractivity contribution in [2.45, 2.75) is 12.3 Å². The molecule has 0 aliphatic rings. The number of carbonyl (C=O) groups excluding carboxylic acids is 1. The first-order chi connectivity index (χ1) is 9.74. The summed E-state index contributed by atoms with van der Waals surface area (Å²) in [7, 11) is 0. The third-order valence-corrected chi connectivity index (χ3v) is 3.32. The molecule has 100 valence electrons. The van der Waals surface area contributed by atoms with Gasteiger partial charge in [-0.2, -0.15) is 5.10 Å². The van der Waals surface area contributed by atoms with E-state index in [-0.39, 0.29) is 18.2 Å². The Morgan fingerprint density at radius 3 is 2.95 bits per heavy atom. The molecular formula is C15H14N4O. The third-order valence-electron chi connectivity index (χ3n) is 3.32. The maximum atomic E-state index is 11.3. The summed E-state index contributed by atoms with van der Waals surface area (Å²) >= 11 is 0. The number of nitrogens with zero attached hydrogens (tertiary/aromatic N) is 2. The fraction of sp³-hybridized carbons (Fsp3) is 0.133. The van der Waals surface area contributed by atoms with Crippen LogP contribution in [0.25, 0.3) is 10.9 Å². The molecule has 2 aromatic heterocycles. The van der Waals surface area contributed by atoms with E-state index < -0.39 is 0 Å². The Bertz CT molecular complexity index is 736. The Kier molecular flexibility index (Phi) is 3.16. The molecule has 1 atom stereocenters. The zero-order valence-corrected chi connectivity index (χ0v) is 10.8. The van der Waals surface area contributed by atoms with E-state index >= 15 is 0 Å². The van der Waals surface area contributed by atoms with E-state index in [9.17, 15) is 4.79 Å². The summed E-state index contributed by atoms with van der Waals surface area (Å²) < 4.78 is 0. The Morgan fingerprint density at radius 2 is 2.20 bits per heavy atom. The number of rotatable bonds is 4. The number of nitrogens with one attached hydrogen (secondary N) is 1. The van der Waals surface area contributed by atoms with Gasteiger partial charge in [0.05, 0.1) is 11.7 Å². The van der Waals surface area contributed by atoms with E-state index in [4.69, 9.17) is 5.73 Å². The highest BCUT2D eigenvalue weighted by Crippen LogP contribution is 2.28. The van der Waals surface area contributed by atoms with Crippen LogP contribution in [0.15, 0.2) is 48.8 Å². The Morgan fingerprint density at radius 1 is 1.30 bits per heavy atom. The summed E-state index contributed by atoms with van der Waals surface area (Å²) in [5.74, 6) is -0.480. The Hall–Kier alpha value is -2.69. The molecule has 0 spiro atoms. The molecule has 1 aromatic carbocycles. The minimum absolute atomic E-state index is 0.138. The molecule has 0 saturated carbocycles. The summed E-state index contributed by atoms with van der Waals surface area (Å²) in [5.41, 5.74) is 8.15. The SMILES string of the molecule is NC(=O)CC(c1ccc2cn[nH]c2c1)c1ccccn1. The molecule has 0 bridgehead atoms. The molecule has 3 N–H and O–H groups in total. The minimum atomic E-state index is -0.342. The van der Waals surface area contributed by atoms with Gasteiger partial charge in [-0.3, -0.25) is 14.9 Å². The van der Waals surface area contributed by atoms with Gasteiger partial charge < -0.3 is 5.73 Å². The van der Waals surface area contributed by atoms with E-state index in [0.717, 1.165) is 22.2 Å². The summed E-state index contributed by atoms with van der Waals surface area (Å²) in [4.78, 5) is 15.7. The van der Waals surface area contributed by atoms with Crippen LogP contribution in [0.5, 0.6) is 0 Å². The van der Waals surface area contributed by atoms with Crippen molar-refractivity contribution >= 4 is 16.8 Å². The summed E-state index contributed by atoms with van der Waals surface area (Å²) in [6.45, 7) is 0. The number of fused-ring (bicyclic) bond motifs is 1. The molecule has 3 rings (SSSR count). The minimum Gasteiger partial charge on any atom is -0.370 e. The van der Waals surface area contributed by atoms with Crippen LogP contribution in [0.4, 0.5) is 0 Å². The van der Waals surface area contributed by atoms with E-state index in [0.29, 0.717) is 0 Å². The fourth-order valence-corrected chi connectivity index (χ4v) is 2.35. The lowest BCUT2D eigenvalue weighted by Crippen LogP contribution is -2.16. The van der Waals surface area contributed by atoms with Crippen molar-refractivity contribution < 1.29 is 4.79 Å². The van der Waals surface area contributed by atoms with E-state index in [1.807, 2.05) is 36.4 Å². The zero-order valence-electron chi connectivity index (χ0n) is 10.8. The Balaban J connectivity index is 2.06. The Labute approximate surface area is 115 Å². The number of H-pyrrole nitrogens is 1. The quantitative estimate of drug-likeness (QED) is 0.757. The maximum Gasteiger partial charge on any atom is 0.218 e. The number of carbonyl (C=O) groups is 1. The van der Waals surface area contributed by atoms with Gasteiger partial charge in [0.15, 0.2) is 0 Å². The van der Waals surface area contributed by atoms with Gasteiger partial charge in [0.2, 0.25) is 5.91 Å². The van der Waals surface area contributed by atoms with Crippen molar-refractivity contribution in [1.82, 2.24) is 15.2 Å². The van der Waals surface area contributed by atoms with Gasteiger partial charge in [-0.05, 0) is 23.8 Å². The van der Waals surface area contributed by atoms with E-state index in [1.165, 1.54) is 0 Å². The number of benzene rings is 1. The molecule has 2 heterocycles. The maximum absolute atomic E-state index is 11.3. The van der Waals surface area contributed by atoms with Gasteiger partial charge in [-0.1, -0.05) is 18.2 Å². The number of pyridine rings is 1. The molecule has 0 radical (unpaired) electrons. The molecule has 0 fully saturated rings. The van der Waals surface area contributed by atoms with Crippen molar-refractivity contribution in [3.05, 3.63) is 60.0 Å². The number of aromatic amines is 1. The highest BCUT2D eigenvalue weighted by molar-refractivity contribution is 5.80. The molecule has 3 aromatic rings. The van der Waals surface area contributed by atoms with Crippen LogP contribution in [0, 0.1) is 0 Å². The lowest BCUT2D eigenvalue weighted by molar-refractivity contribution is -0.118. The number of primary amides is 1. The van der Waals surface area contributed by atoms with Crippen LogP contribution in [-0.4, -0.2) is 21.1 Å². The van der Waals surface area contributed by atoms with Crippen LogP contribution >= 0.6 is 0 Å². The summed E-state index contributed by atoms with van der Waals surface area (Å²) in [6.07, 6.45) is 3.72. The molecule has 20 heavy (non-hydrogen) atoms. The van der Waals surface area contributed by atoms with Crippen LogP contribution in [0.3, 0.4) is 0 Å². The molecule has 5 nitrogen and oxygen atoms in total. The molecule has 0 aliphatic carbocycles. The smallest absolute Gasteiger partial charge is 0.218 e. The lowest BCUT2D eigenvalue weighted by atomic mass is 9.91. The first kappa shape index (κ1) is 12.3. The predicted molar refractivity (Wildman–Crippen MR) is 76.0 cm³/mol. The van der Waals surface area contributed by atoms with Crippen LogP contribution in [0.1, 0.15) is 23.6 Å².